The number of anilines is 1. The third-order valence-electron chi connectivity index (χ3n) is 6.91. The van der Waals surface area contributed by atoms with E-state index in [1.165, 1.54) is 12.4 Å². The molecule has 0 amide bonds. The van der Waals surface area contributed by atoms with E-state index in [0.717, 1.165) is 53.8 Å². The summed E-state index contributed by atoms with van der Waals surface area (Å²) in [6.07, 6.45) is 3.19. The van der Waals surface area contributed by atoms with Crippen LogP contribution in [0.3, 0.4) is 0 Å². The SMILES string of the molecule is COc1ccc(C2(c3cc(-c4ncnc5cc(N6CCOCC6)ccc45)c(F)cc3Cl)CC2)nn1. The summed E-state index contributed by atoms with van der Waals surface area (Å²) in [5, 5.41) is 9.64. The molecule has 1 saturated heterocycles. The maximum absolute atomic E-state index is 15.3. The molecule has 1 saturated carbocycles. The molecular formula is C26H23ClFN5O2. The van der Waals surface area contributed by atoms with Crippen molar-refractivity contribution in [3.05, 3.63) is 70.9 Å². The topological polar surface area (TPSA) is 73.3 Å². The Bertz CT molecular complexity index is 1410. The number of nitrogens with zero attached hydrogens (tertiary/aromatic N) is 5. The summed E-state index contributed by atoms with van der Waals surface area (Å²) in [6, 6.07) is 12.9. The number of fused-ring (bicyclic) bond motifs is 1. The molecule has 3 heterocycles. The van der Waals surface area contributed by atoms with Crippen LogP contribution in [-0.4, -0.2) is 53.6 Å². The Morgan fingerprint density at radius 3 is 2.57 bits per heavy atom. The summed E-state index contributed by atoms with van der Waals surface area (Å²) in [4.78, 5) is 11.2. The lowest BCUT2D eigenvalue weighted by Crippen LogP contribution is -2.36. The Kier molecular flexibility index (Phi) is 5.50. The average molecular weight is 492 g/mol. The van der Waals surface area contributed by atoms with Gasteiger partial charge in [-0.1, -0.05) is 11.6 Å². The standard InChI is InChI=1S/C26H23ClFN5O2/c1-34-24-5-4-23(31-32-24)26(6-7-26)19-13-18(21(28)14-20(19)27)25-17-3-2-16(12-22(17)29-15-30-25)33-8-10-35-11-9-33/h2-5,12-15H,6-11H2,1H3. The Labute approximate surface area is 206 Å². The molecule has 0 unspecified atom stereocenters. The summed E-state index contributed by atoms with van der Waals surface area (Å²) in [5.74, 6) is 0.0203. The van der Waals surface area contributed by atoms with E-state index in [1.54, 1.807) is 13.2 Å². The summed E-state index contributed by atoms with van der Waals surface area (Å²) in [5.41, 5.74) is 3.98. The quantitative estimate of drug-likeness (QED) is 0.397. The van der Waals surface area contributed by atoms with Gasteiger partial charge in [-0.2, -0.15) is 5.10 Å². The molecule has 2 aromatic heterocycles. The summed E-state index contributed by atoms with van der Waals surface area (Å²) in [6.45, 7) is 3.06. The third kappa shape index (κ3) is 3.86. The molecule has 35 heavy (non-hydrogen) atoms. The van der Waals surface area contributed by atoms with Crippen LogP contribution in [0.15, 0.2) is 48.8 Å². The van der Waals surface area contributed by atoms with Gasteiger partial charge in [-0.05, 0) is 54.8 Å². The first kappa shape index (κ1) is 22.1. The van der Waals surface area contributed by atoms with Gasteiger partial charge in [0.2, 0.25) is 5.88 Å². The highest BCUT2D eigenvalue weighted by atomic mass is 35.5. The Morgan fingerprint density at radius 2 is 1.86 bits per heavy atom. The Hall–Kier alpha value is -3.36. The van der Waals surface area contributed by atoms with Crippen molar-refractivity contribution in [2.45, 2.75) is 18.3 Å². The first-order valence-electron chi connectivity index (χ1n) is 11.5. The lowest BCUT2D eigenvalue weighted by atomic mass is 9.89. The molecule has 6 rings (SSSR count). The van der Waals surface area contributed by atoms with Crippen molar-refractivity contribution in [1.82, 2.24) is 20.2 Å². The second-order valence-corrected chi connectivity index (χ2v) is 9.29. The van der Waals surface area contributed by atoms with Gasteiger partial charge in [0, 0.05) is 46.2 Å². The van der Waals surface area contributed by atoms with Crippen LogP contribution in [0.1, 0.15) is 24.1 Å². The number of halogens is 2. The molecule has 0 bridgehead atoms. The van der Waals surface area contributed by atoms with Gasteiger partial charge < -0.3 is 14.4 Å². The van der Waals surface area contributed by atoms with Crippen molar-refractivity contribution >= 4 is 28.2 Å². The first-order valence-corrected chi connectivity index (χ1v) is 11.9. The number of rotatable bonds is 5. The highest BCUT2D eigenvalue weighted by Gasteiger charge is 2.49. The van der Waals surface area contributed by atoms with Gasteiger partial charge in [-0.15, -0.1) is 5.10 Å². The van der Waals surface area contributed by atoms with E-state index in [4.69, 9.17) is 21.1 Å². The van der Waals surface area contributed by atoms with Crippen molar-refractivity contribution in [2.24, 2.45) is 0 Å². The monoisotopic (exact) mass is 491 g/mol. The number of hydrogen-bond acceptors (Lipinski definition) is 7. The predicted molar refractivity (Wildman–Crippen MR) is 132 cm³/mol. The van der Waals surface area contributed by atoms with Crippen LogP contribution in [0.2, 0.25) is 5.02 Å². The van der Waals surface area contributed by atoms with Crippen LogP contribution in [0.4, 0.5) is 10.1 Å². The molecule has 9 heteroatoms. The number of ether oxygens (including phenoxy) is 2. The first-order chi connectivity index (χ1) is 17.1. The van der Waals surface area contributed by atoms with Gasteiger partial charge >= 0.3 is 0 Å². The minimum absolute atomic E-state index is 0.370. The number of morpholine rings is 1. The zero-order valence-corrected chi connectivity index (χ0v) is 19.9. The molecule has 0 radical (unpaired) electrons. The second-order valence-electron chi connectivity index (χ2n) is 8.88. The molecular weight excluding hydrogens is 469 g/mol. The molecule has 7 nitrogen and oxygen atoms in total. The van der Waals surface area contributed by atoms with Crippen molar-refractivity contribution in [3.8, 4) is 17.1 Å². The highest BCUT2D eigenvalue weighted by Crippen LogP contribution is 2.55. The largest absolute Gasteiger partial charge is 0.480 e. The third-order valence-corrected chi connectivity index (χ3v) is 7.23. The molecule has 1 aliphatic heterocycles. The van der Waals surface area contributed by atoms with Crippen molar-refractivity contribution in [3.63, 3.8) is 0 Å². The van der Waals surface area contributed by atoms with E-state index in [0.29, 0.717) is 35.4 Å². The maximum atomic E-state index is 15.3. The molecule has 0 N–H and O–H groups in total. The fourth-order valence-corrected chi connectivity index (χ4v) is 5.18. The summed E-state index contributed by atoms with van der Waals surface area (Å²) >= 11 is 6.59. The molecule has 2 aliphatic rings. The zero-order valence-electron chi connectivity index (χ0n) is 19.2. The number of aromatic nitrogens is 4. The van der Waals surface area contributed by atoms with Gasteiger partial charge in [0.15, 0.2) is 0 Å². The predicted octanol–water partition coefficient (Wildman–Crippen LogP) is 4.80. The molecule has 2 aromatic carbocycles. The van der Waals surface area contributed by atoms with E-state index in [2.05, 4.69) is 25.1 Å². The van der Waals surface area contributed by atoms with Crippen molar-refractivity contribution < 1.29 is 13.9 Å². The molecule has 2 fully saturated rings. The smallest absolute Gasteiger partial charge is 0.233 e. The molecule has 0 spiro atoms. The van der Waals surface area contributed by atoms with Crippen LogP contribution in [0.25, 0.3) is 22.2 Å². The lowest BCUT2D eigenvalue weighted by Gasteiger charge is -2.29. The van der Waals surface area contributed by atoms with Crippen molar-refractivity contribution in [1.29, 1.82) is 0 Å². The van der Waals surface area contributed by atoms with Crippen LogP contribution in [-0.2, 0) is 10.2 Å². The van der Waals surface area contributed by atoms with Gasteiger partial charge in [-0.25, -0.2) is 14.4 Å². The van der Waals surface area contributed by atoms with E-state index < -0.39 is 11.2 Å². The average Bonchev–Trinajstić information content (AvgIpc) is 3.71. The second kappa shape index (κ2) is 8.70. The molecule has 0 atom stereocenters. The molecule has 178 valence electrons. The van der Waals surface area contributed by atoms with Crippen LogP contribution < -0.4 is 9.64 Å². The normalized spacial score (nSPS) is 16.9. The van der Waals surface area contributed by atoms with Gasteiger partial charge in [0.25, 0.3) is 0 Å². The fourth-order valence-electron chi connectivity index (χ4n) is 4.85. The Balaban J connectivity index is 1.43. The molecule has 1 aliphatic carbocycles. The zero-order chi connectivity index (χ0) is 24.0. The number of benzene rings is 2. The fraction of sp³-hybridized carbons (Fsp3) is 0.308. The van der Waals surface area contributed by atoms with E-state index in [9.17, 15) is 0 Å². The van der Waals surface area contributed by atoms with Crippen LogP contribution in [0.5, 0.6) is 5.88 Å². The van der Waals surface area contributed by atoms with Crippen LogP contribution >= 0.6 is 11.6 Å². The number of methoxy groups -OCH3 is 1. The van der Waals surface area contributed by atoms with Gasteiger partial charge in [0.05, 0.1) is 37.2 Å². The minimum atomic E-state index is -0.423. The maximum Gasteiger partial charge on any atom is 0.233 e. The van der Waals surface area contributed by atoms with Gasteiger partial charge in [0.1, 0.15) is 12.1 Å². The van der Waals surface area contributed by atoms with Crippen LogP contribution in [0, 0.1) is 5.82 Å². The minimum Gasteiger partial charge on any atom is -0.480 e. The van der Waals surface area contributed by atoms with E-state index in [1.807, 2.05) is 30.3 Å². The Morgan fingerprint density at radius 1 is 1.03 bits per heavy atom. The summed E-state index contributed by atoms with van der Waals surface area (Å²) in [7, 11) is 1.55. The highest BCUT2D eigenvalue weighted by molar-refractivity contribution is 6.31. The number of hydrogen-bond donors (Lipinski definition) is 0. The van der Waals surface area contributed by atoms with E-state index in [-0.39, 0.29) is 0 Å². The summed E-state index contributed by atoms with van der Waals surface area (Å²) < 4.78 is 25.9. The van der Waals surface area contributed by atoms with E-state index >= 15 is 4.39 Å². The molecule has 4 aromatic rings. The lowest BCUT2D eigenvalue weighted by molar-refractivity contribution is 0.122. The van der Waals surface area contributed by atoms with Gasteiger partial charge in [-0.3, -0.25) is 0 Å². The van der Waals surface area contributed by atoms with Crippen molar-refractivity contribution in [2.75, 3.05) is 38.3 Å².